The molecule has 3 rings (SSSR count). The van der Waals surface area contributed by atoms with Gasteiger partial charge in [0.1, 0.15) is 11.9 Å². The van der Waals surface area contributed by atoms with Gasteiger partial charge in [0.05, 0.1) is 5.69 Å². The SMILES string of the molecule is CNc1ccc(-c2ccc(OC3CCNCC3)cc2)c(NC(C)=O)c1. The highest BCUT2D eigenvalue weighted by Crippen LogP contribution is 2.32. The Balaban J connectivity index is 1.80. The summed E-state index contributed by atoms with van der Waals surface area (Å²) < 4.78 is 6.06. The molecular formula is C20H25N3O2. The van der Waals surface area contributed by atoms with E-state index in [4.69, 9.17) is 4.74 Å². The molecule has 5 heteroatoms. The maximum atomic E-state index is 11.5. The first kappa shape index (κ1) is 17.3. The van der Waals surface area contributed by atoms with Crippen LogP contribution in [0.15, 0.2) is 42.5 Å². The third-order valence-electron chi connectivity index (χ3n) is 4.37. The molecule has 25 heavy (non-hydrogen) atoms. The summed E-state index contributed by atoms with van der Waals surface area (Å²) in [6.45, 7) is 3.55. The van der Waals surface area contributed by atoms with Crippen molar-refractivity contribution in [3.63, 3.8) is 0 Å². The molecule has 0 aromatic heterocycles. The van der Waals surface area contributed by atoms with E-state index < -0.39 is 0 Å². The lowest BCUT2D eigenvalue weighted by molar-refractivity contribution is -0.114. The molecule has 0 bridgehead atoms. The molecule has 1 amide bonds. The number of hydrogen-bond acceptors (Lipinski definition) is 4. The molecule has 2 aromatic rings. The molecule has 0 spiro atoms. The lowest BCUT2D eigenvalue weighted by atomic mass is 10.0. The Labute approximate surface area is 148 Å². The largest absolute Gasteiger partial charge is 0.490 e. The summed E-state index contributed by atoms with van der Waals surface area (Å²) in [5, 5.41) is 9.35. The second kappa shape index (κ2) is 8.03. The molecule has 0 atom stereocenters. The van der Waals surface area contributed by atoms with Crippen LogP contribution < -0.4 is 20.7 Å². The predicted octanol–water partition coefficient (Wildman–Crippen LogP) is 3.48. The van der Waals surface area contributed by atoms with Crippen LogP contribution in [0, 0.1) is 0 Å². The van der Waals surface area contributed by atoms with E-state index in [1.807, 2.05) is 49.5 Å². The van der Waals surface area contributed by atoms with E-state index in [9.17, 15) is 4.79 Å². The highest BCUT2D eigenvalue weighted by atomic mass is 16.5. The van der Waals surface area contributed by atoms with E-state index in [0.29, 0.717) is 0 Å². The van der Waals surface area contributed by atoms with E-state index in [-0.39, 0.29) is 12.0 Å². The first-order valence-corrected chi connectivity index (χ1v) is 8.73. The maximum Gasteiger partial charge on any atom is 0.221 e. The quantitative estimate of drug-likeness (QED) is 0.780. The lowest BCUT2D eigenvalue weighted by Gasteiger charge is -2.24. The molecule has 5 nitrogen and oxygen atoms in total. The standard InChI is InChI=1S/C20H25N3O2/c1-14(24)23-20-13-16(21-2)5-8-19(20)15-3-6-17(7-4-15)25-18-9-11-22-12-10-18/h3-8,13,18,21-22H,9-12H2,1-2H3,(H,23,24). The average Bonchev–Trinajstić information content (AvgIpc) is 2.63. The van der Waals surface area contributed by atoms with Crippen molar-refractivity contribution in [2.75, 3.05) is 30.8 Å². The Kier molecular flexibility index (Phi) is 5.56. The van der Waals surface area contributed by atoms with Crippen LogP contribution in [0.2, 0.25) is 0 Å². The van der Waals surface area contributed by atoms with Crippen LogP contribution in [0.4, 0.5) is 11.4 Å². The van der Waals surface area contributed by atoms with Crippen molar-refractivity contribution in [2.45, 2.75) is 25.9 Å². The van der Waals surface area contributed by atoms with E-state index in [1.165, 1.54) is 6.92 Å². The van der Waals surface area contributed by atoms with Gasteiger partial charge in [-0.2, -0.15) is 0 Å². The molecule has 3 N–H and O–H groups in total. The van der Waals surface area contributed by atoms with Crippen molar-refractivity contribution in [2.24, 2.45) is 0 Å². The number of carbonyl (C=O) groups excluding carboxylic acids is 1. The average molecular weight is 339 g/mol. The Morgan fingerprint density at radius 3 is 2.48 bits per heavy atom. The van der Waals surface area contributed by atoms with Crippen molar-refractivity contribution < 1.29 is 9.53 Å². The van der Waals surface area contributed by atoms with Crippen LogP contribution in [0.3, 0.4) is 0 Å². The summed E-state index contributed by atoms with van der Waals surface area (Å²) >= 11 is 0. The third kappa shape index (κ3) is 4.51. The van der Waals surface area contributed by atoms with Gasteiger partial charge in [-0.25, -0.2) is 0 Å². The normalized spacial score (nSPS) is 14.8. The molecule has 1 heterocycles. The Bertz CT molecular complexity index is 722. The smallest absolute Gasteiger partial charge is 0.221 e. The number of piperidine rings is 1. The zero-order valence-electron chi connectivity index (χ0n) is 14.8. The number of carbonyl (C=O) groups is 1. The predicted molar refractivity (Wildman–Crippen MR) is 102 cm³/mol. The van der Waals surface area contributed by atoms with Gasteiger partial charge in [0.2, 0.25) is 5.91 Å². The van der Waals surface area contributed by atoms with Crippen molar-refractivity contribution in [1.82, 2.24) is 5.32 Å². The van der Waals surface area contributed by atoms with Gasteiger partial charge in [-0.1, -0.05) is 18.2 Å². The van der Waals surface area contributed by atoms with E-state index in [1.54, 1.807) is 0 Å². The summed E-state index contributed by atoms with van der Waals surface area (Å²) in [7, 11) is 1.86. The minimum atomic E-state index is -0.0830. The fourth-order valence-corrected chi connectivity index (χ4v) is 3.06. The molecule has 0 unspecified atom stereocenters. The molecule has 1 fully saturated rings. The number of anilines is 2. The van der Waals surface area contributed by atoms with Crippen LogP contribution in [-0.2, 0) is 4.79 Å². The number of rotatable bonds is 5. The number of nitrogens with one attached hydrogen (secondary N) is 3. The topological polar surface area (TPSA) is 62.4 Å². The monoisotopic (exact) mass is 339 g/mol. The number of hydrogen-bond donors (Lipinski definition) is 3. The molecule has 1 aliphatic rings. The summed E-state index contributed by atoms with van der Waals surface area (Å²) in [6, 6.07) is 14.0. The van der Waals surface area contributed by atoms with Crippen LogP contribution in [0.25, 0.3) is 11.1 Å². The van der Waals surface area contributed by atoms with Crippen LogP contribution in [0.1, 0.15) is 19.8 Å². The minimum absolute atomic E-state index is 0.0830. The molecule has 0 saturated carbocycles. The third-order valence-corrected chi connectivity index (χ3v) is 4.37. The van der Waals surface area contributed by atoms with Crippen LogP contribution in [0.5, 0.6) is 5.75 Å². The van der Waals surface area contributed by atoms with E-state index in [2.05, 4.69) is 16.0 Å². The fourth-order valence-electron chi connectivity index (χ4n) is 3.06. The van der Waals surface area contributed by atoms with Gasteiger partial charge in [0, 0.05) is 25.2 Å². The Morgan fingerprint density at radius 1 is 1.12 bits per heavy atom. The first-order chi connectivity index (χ1) is 12.2. The number of ether oxygens (including phenoxy) is 1. The van der Waals surface area contributed by atoms with Crippen molar-refractivity contribution in [3.05, 3.63) is 42.5 Å². The minimum Gasteiger partial charge on any atom is -0.490 e. The Morgan fingerprint density at radius 2 is 1.84 bits per heavy atom. The van der Waals surface area contributed by atoms with Crippen molar-refractivity contribution in [1.29, 1.82) is 0 Å². The van der Waals surface area contributed by atoms with Gasteiger partial charge in [-0.3, -0.25) is 4.79 Å². The van der Waals surface area contributed by atoms with E-state index >= 15 is 0 Å². The fraction of sp³-hybridized carbons (Fsp3) is 0.350. The maximum absolute atomic E-state index is 11.5. The summed E-state index contributed by atoms with van der Waals surface area (Å²) in [6.07, 6.45) is 2.37. The van der Waals surface area contributed by atoms with Crippen molar-refractivity contribution in [3.8, 4) is 16.9 Å². The highest BCUT2D eigenvalue weighted by molar-refractivity contribution is 5.95. The number of amides is 1. The molecule has 2 aromatic carbocycles. The molecule has 0 aliphatic carbocycles. The zero-order valence-corrected chi connectivity index (χ0v) is 14.8. The summed E-state index contributed by atoms with van der Waals surface area (Å²) in [4.78, 5) is 11.5. The molecule has 1 aliphatic heterocycles. The highest BCUT2D eigenvalue weighted by Gasteiger charge is 2.14. The van der Waals surface area contributed by atoms with Crippen LogP contribution >= 0.6 is 0 Å². The van der Waals surface area contributed by atoms with Gasteiger partial charge < -0.3 is 20.7 Å². The zero-order chi connectivity index (χ0) is 17.6. The van der Waals surface area contributed by atoms with E-state index in [0.717, 1.165) is 54.2 Å². The lowest BCUT2D eigenvalue weighted by Crippen LogP contribution is -2.34. The summed E-state index contributed by atoms with van der Waals surface area (Å²) in [5.74, 6) is 0.809. The molecule has 0 radical (unpaired) electrons. The summed E-state index contributed by atoms with van der Waals surface area (Å²) in [5.41, 5.74) is 3.79. The van der Waals surface area contributed by atoms with Gasteiger partial charge in [-0.05, 0) is 55.8 Å². The first-order valence-electron chi connectivity index (χ1n) is 8.73. The second-order valence-corrected chi connectivity index (χ2v) is 6.28. The van der Waals surface area contributed by atoms with Gasteiger partial charge in [0.25, 0.3) is 0 Å². The van der Waals surface area contributed by atoms with Gasteiger partial charge in [-0.15, -0.1) is 0 Å². The molecule has 1 saturated heterocycles. The Hall–Kier alpha value is -2.53. The molecule has 132 valence electrons. The van der Waals surface area contributed by atoms with Crippen LogP contribution in [-0.4, -0.2) is 32.1 Å². The molecular weight excluding hydrogens is 314 g/mol. The van der Waals surface area contributed by atoms with Gasteiger partial charge >= 0.3 is 0 Å². The second-order valence-electron chi connectivity index (χ2n) is 6.28. The van der Waals surface area contributed by atoms with Gasteiger partial charge in [0.15, 0.2) is 0 Å². The number of benzene rings is 2. The van der Waals surface area contributed by atoms with Crippen molar-refractivity contribution >= 4 is 17.3 Å².